The SMILES string of the molecule is CCNC(=NCCCNC(=O)OC(C)(C)C)NCCc1ccc(OC)c(OC)c1. The fourth-order valence-electron chi connectivity index (χ4n) is 2.48. The molecule has 0 saturated heterocycles. The van der Waals surface area contributed by atoms with E-state index in [1.54, 1.807) is 14.2 Å². The van der Waals surface area contributed by atoms with Crippen LogP contribution in [0, 0.1) is 0 Å². The Hall–Kier alpha value is -2.64. The summed E-state index contributed by atoms with van der Waals surface area (Å²) in [4.78, 5) is 16.1. The van der Waals surface area contributed by atoms with E-state index in [9.17, 15) is 4.79 Å². The smallest absolute Gasteiger partial charge is 0.407 e. The molecule has 0 saturated carbocycles. The first-order chi connectivity index (χ1) is 13.8. The fourth-order valence-corrected chi connectivity index (χ4v) is 2.48. The van der Waals surface area contributed by atoms with Crippen LogP contribution in [0.5, 0.6) is 11.5 Å². The van der Waals surface area contributed by atoms with Gasteiger partial charge in [0.05, 0.1) is 14.2 Å². The first-order valence-corrected chi connectivity index (χ1v) is 9.99. The van der Waals surface area contributed by atoms with Crippen molar-refractivity contribution >= 4 is 12.1 Å². The van der Waals surface area contributed by atoms with Crippen molar-refractivity contribution in [3.8, 4) is 11.5 Å². The second-order valence-corrected chi connectivity index (χ2v) is 7.41. The summed E-state index contributed by atoms with van der Waals surface area (Å²) in [6.07, 6.45) is 1.15. The Balaban J connectivity index is 2.40. The van der Waals surface area contributed by atoms with E-state index in [1.165, 1.54) is 0 Å². The van der Waals surface area contributed by atoms with E-state index in [2.05, 4.69) is 20.9 Å². The summed E-state index contributed by atoms with van der Waals surface area (Å²) in [6, 6.07) is 5.91. The van der Waals surface area contributed by atoms with Crippen LogP contribution in [0.15, 0.2) is 23.2 Å². The zero-order valence-electron chi connectivity index (χ0n) is 18.6. The van der Waals surface area contributed by atoms with E-state index < -0.39 is 11.7 Å². The predicted octanol–water partition coefficient (Wildman–Crippen LogP) is 2.72. The minimum absolute atomic E-state index is 0.401. The molecule has 1 aromatic rings. The quantitative estimate of drug-likeness (QED) is 0.313. The van der Waals surface area contributed by atoms with Crippen molar-refractivity contribution < 1.29 is 19.0 Å². The first kappa shape index (κ1) is 24.4. The van der Waals surface area contributed by atoms with Crippen LogP contribution in [-0.4, -0.2) is 58.1 Å². The Morgan fingerprint density at radius 3 is 2.38 bits per heavy atom. The largest absolute Gasteiger partial charge is 0.493 e. The number of methoxy groups -OCH3 is 2. The average Bonchev–Trinajstić information content (AvgIpc) is 2.66. The maximum absolute atomic E-state index is 11.6. The van der Waals surface area contributed by atoms with Gasteiger partial charge in [0, 0.05) is 26.2 Å². The van der Waals surface area contributed by atoms with Crippen LogP contribution < -0.4 is 25.4 Å². The van der Waals surface area contributed by atoms with Gasteiger partial charge in [0.1, 0.15) is 5.60 Å². The molecule has 3 N–H and O–H groups in total. The highest BCUT2D eigenvalue weighted by Crippen LogP contribution is 2.27. The molecule has 0 atom stereocenters. The molecule has 0 aliphatic heterocycles. The number of carbonyl (C=O) groups is 1. The van der Waals surface area contributed by atoms with Crippen LogP contribution in [-0.2, 0) is 11.2 Å². The second-order valence-electron chi connectivity index (χ2n) is 7.41. The number of ether oxygens (including phenoxy) is 3. The van der Waals surface area contributed by atoms with Crippen LogP contribution in [0.4, 0.5) is 4.79 Å². The van der Waals surface area contributed by atoms with Crippen LogP contribution in [0.1, 0.15) is 39.7 Å². The Morgan fingerprint density at radius 1 is 1.03 bits per heavy atom. The van der Waals surface area contributed by atoms with Gasteiger partial charge < -0.3 is 30.2 Å². The van der Waals surface area contributed by atoms with Crippen molar-refractivity contribution in [1.82, 2.24) is 16.0 Å². The lowest BCUT2D eigenvalue weighted by Gasteiger charge is -2.19. The molecule has 8 nitrogen and oxygen atoms in total. The lowest BCUT2D eigenvalue weighted by Crippen LogP contribution is -2.38. The van der Waals surface area contributed by atoms with E-state index in [4.69, 9.17) is 14.2 Å². The third-order valence-electron chi connectivity index (χ3n) is 3.77. The Labute approximate surface area is 174 Å². The number of carbonyl (C=O) groups excluding carboxylic acids is 1. The van der Waals surface area contributed by atoms with Crippen LogP contribution in [0.25, 0.3) is 0 Å². The zero-order chi connectivity index (χ0) is 21.7. The minimum Gasteiger partial charge on any atom is -0.493 e. The molecule has 0 spiro atoms. The molecule has 1 aromatic carbocycles. The molecule has 0 bridgehead atoms. The van der Waals surface area contributed by atoms with Crippen LogP contribution in [0.2, 0.25) is 0 Å². The summed E-state index contributed by atoms with van der Waals surface area (Å²) < 4.78 is 15.8. The summed E-state index contributed by atoms with van der Waals surface area (Å²) in [7, 11) is 3.26. The molecular weight excluding hydrogens is 372 g/mol. The molecule has 1 rings (SSSR count). The number of benzene rings is 1. The monoisotopic (exact) mass is 408 g/mol. The van der Waals surface area contributed by atoms with Crippen molar-refractivity contribution in [3.63, 3.8) is 0 Å². The van der Waals surface area contributed by atoms with E-state index >= 15 is 0 Å². The predicted molar refractivity (Wildman–Crippen MR) is 116 cm³/mol. The van der Waals surface area contributed by atoms with Gasteiger partial charge in [-0.15, -0.1) is 0 Å². The van der Waals surface area contributed by atoms with E-state index in [1.807, 2.05) is 45.9 Å². The van der Waals surface area contributed by atoms with Crippen LogP contribution >= 0.6 is 0 Å². The van der Waals surface area contributed by atoms with Gasteiger partial charge in [-0.05, 0) is 58.2 Å². The van der Waals surface area contributed by atoms with Gasteiger partial charge in [0.2, 0.25) is 0 Å². The number of nitrogens with one attached hydrogen (secondary N) is 3. The maximum Gasteiger partial charge on any atom is 0.407 e. The number of alkyl carbamates (subject to hydrolysis) is 1. The van der Waals surface area contributed by atoms with Gasteiger partial charge in [-0.1, -0.05) is 6.07 Å². The first-order valence-electron chi connectivity index (χ1n) is 9.99. The summed E-state index contributed by atoms with van der Waals surface area (Å²) >= 11 is 0. The van der Waals surface area contributed by atoms with Crippen molar-refractivity contribution in [2.45, 2.75) is 46.1 Å². The molecule has 1 amide bonds. The summed E-state index contributed by atoms with van der Waals surface area (Å²) in [5.74, 6) is 2.20. The molecule has 0 aromatic heterocycles. The number of amides is 1. The third kappa shape index (κ3) is 10.5. The third-order valence-corrected chi connectivity index (χ3v) is 3.77. The van der Waals surface area contributed by atoms with Gasteiger partial charge >= 0.3 is 6.09 Å². The molecule has 164 valence electrons. The van der Waals surface area contributed by atoms with Crippen molar-refractivity contribution in [2.24, 2.45) is 4.99 Å². The normalized spacial score (nSPS) is 11.6. The molecule has 0 heterocycles. The van der Waals surface area contributed by atoms with Gasteiger partial charge in [-0.3, -0.25) is 4.99 Å². The molecular formula is C21H36N4O4. The molecule has 0 radical (unpaired) electrons. The Bertz CT molecular complexity index is 657. The topological polar surface area (TPSA) is 93.2 Å². The van der Waals surface area contributed by atoms with Crippen molar-refractivity contribution in [3.05, 3.63) is 23.8 Å². The zero-order valence-corrected chi connectivity index (χ0v) is 18.6. The second kappa shape index (κ2) is 12.7. The number of nitrogens with zero attached hydrogens (tertiary/aromatic N) is 1. The maximum atomic E-state index is 11.6. The standard InChI is InChI=1S/C21H36N4O4/c1-7-22-19(23-12-8-13-25-20(26)29-21(2,3)4)24-14-11-16-9-10-17(27-5)18(15-16)28-6/h9-10,15H,7-8,11-14H2,1-6H3,(H,25,26)(H2,22,23,24). The van der Waals surface area contributed by atoms with E-state index in [0.717, 1.165) is 49.0 Å². The van der Waals surface area contributed by atoms with Gasteiger partial charge in [-0.25, -0.2) is 4.79 Å². The molecule has 0 fully saturated rings. The number of hydrogen-bond acceptors (Lipinski definition) is 5. The van der Waals surface area contributed by atoms with Crippen molar-refractivity contribution in [2.75, 3.05) is 40.4 Å². The average molecular weight is 409 g/mol. The lowest BCUT2D eigenvalue weighted by atomic mass is 10.1. The number of aliphatic imine (C=N–C) groups is 1. The number of hydrogen-bond donors (Lipinski definition) is 3. The summed E-state index contributed by atoms with van der Waals surface area (Å²) in [5.41, 5.74) is 0.658. The van der Waals surface area contributed by atoms with Crippen molar-refractivity contribution in [1.29, 1.82) is 0 Å². The fraction of sp³-hybridized carbons (Fsp3) is 0.619. The molecule has 0 unspecified atom stereocenters. The highest BCUT2D eigenvalue weighted by Gasteiger charge is 2.15. The van der Waals surface area contributed by atoms with E-state index in [-0.39, 0.29) is 0 Å². The lowest BCUT2D eigenvalue weighted by molar-refractivity contribution is 0.0527. The highest BCUT2D eigenvalue weighted by atomic mass is 16.6. The molecule has 29 heavy (non-hydrogen) atoms. The van der Waals surface area contributed by atoms with E-state index in [0.29, 0.717) is 13.1 Å². The van der Waals surface area contributed by atoms with Gasteiger partial charge in [0.15, 0.2) is 17.5 Å². The minimum atomic E-state index is -0.488. The van der Waals surface area contributed by atoms with Gasteiger partial charge in [-0.2, -0.15) is 0 Å². The van der Waals surface area contributed by atoms with Crippen LogP contribution in [0.3, 0.4) is 0 Å². The van der Waals surface area contributed by atoms with Gasteiger partial charge in [0.25, 0.3) is 0 Å². The number of rotatable bonds is 10. The number of guanidine groups is 1. The molecule has 8 heteroatoms. The molecule has 0 aliphatic rings. The highest BCUT2D eigenvalue weighted by molar-refractivity contribution is 5.79. The summed E-state index contributed by atoms with van der Waals surface area (Å²) in [6.45, 7) is 10.2. The summed E-state index contributed by atoms with van der Waals surface area (Å²) in [5, 5.41) is 9.28. The Morgan fingerprint density at radius 2 is 1.76 bits per heavy atom. The Kier molecular flexibility index (Phi) is 10.7. The molecule has 0 aliphatic carbocycles.